The predicted octanol–water partition coefficient (Wildman–Crippen LogP) is 1.73. The first-order valence-electron chi connectivity index (χ1n) is 9.35. The average molecular weight is 414 g/mol. The summed E-state index contributed by atoms with van der Waals surface area (Å²) in [5, 5.41) is 12.5. The van der Waals surface area contributed by atoms with Gasteiger partial charge in [-0.3, -0.25) is 14.3 Å². The minimum Gasteiger partial charge on any atom is -0.383 e. The van der Waals surface area contributed by atoms with E-state index in [4.69, 9.17) is 4.74 Å². The molecule has 3 aromatic rings. The number of carbonyl (C=O) groups excluding carboxylic acids is 1. The highest BCUT2D eigenvalue weighted by molar-refractivity contribution is 7.15. The van der Waals surface area contributed by atoms with Gasteiger partial charge in [-0.15, -0.1) is 11.3 Å². The molecule has 0 radical (unpaired) electrons. The third-order valence-corrected chi connectivity index (χ3v) is 5.77. The highest BCUT2D eigenvalue weighted by atomic mass is 32.1. The Bertz CT molecular complexity index is 1100. The van der Waals surface area contributed by atoms with Crippen LogP contribution in [0.15, 0.2) is 29.5 Å². The number of carbonyl (C=O) groups is 1. The lowest BCUT2D eigenvalue weighted by Gasteiger charge is -2.13. The Hall–Kier alpha value is -2.85. The Morgan fingerprint density at radius 1 is 1.41 bits per heavy atom. The van der Waals surface area contributed by atoms with E-state index < -0.39 is 11.5 Å². The van der Waals surface area contributed by atoms with Gasteiger partial charge in [0.25, 0.3) is 11.5 Å². The molecule has 3 aromatic heterocycles. The first kappa shape index (κ1) is 19.5. The van der Waals surface area contributed by atoms with Crippen molar-refractivity contribution in [3.8, 4) is 16.3 Å². The minimum atomic E-state index is -0.504. The second-order valence-electron chi connectivity index (χ2n) is 7.20. The summed E-state index contributed by atoms with van der Waals surface area (Å²) in [6.45, 7) is 2.16. The van der Waals surface area contributed by atoms with Crippen molar-refractivity contribution >= 4 is 17.2 Å². The molecule has 1 saturated carbocycles. The number of aromatic nitrogens is 5. The van der Waals surface area contributed by atoms with Crippen LogP contribution in [0.1, 0.15) is 41.0 Å². The largest absolute Gasteiger partial charge is 0.383 e. The number of hydrogen-bond donors (Lipinski definition) is 1. The number of aryl methyl sites for hydroxylation is 1. The van der Waals surface area contributed by atoms with Gasteiger partial charge in [0.1, 0.15) is 16.9 Å². The standard InChI is InChI=1S/C19H22N6O3S/c1-11(10-28-3)22-17(26)14-6-15(16-8-20-18(29-16)12-4-5-12)23-25(19(14)27)13-7-21-24(2)9-13/h6-9,11-12H,4-5,10H2,1-3H3,(H,22,26)/t11-/m0/s1. The lowest BCUT2D eigenvalue weighted by molar-refractivity contribution is 0.0903. The molecule has 1 fully saturated rings. The Kier molecular flexibility index (Phi) is 5.29. The molecule has 9 nitrogen and oxygen atoms in total. The van der Waals surface area contributed by atoms with Crippen molar-refractivity contribution in [1.29, 1.82) is 0 Å². The van der Waals surface area contributed by atoms with Crippen LogP contribution in [0.2, 0.25) is 0 Å². The van der Waals surface area contributed by atoms with E-state index in [2.05, 4.69) is 20.5 Å². The van der Waals surface area contributed by atoms with Gasteiger partial charge < -0.3 is 10.1 Å². The summed E-state index contributed by atoms with van der Waals surface area (Å²) in [7, 11) is 3.31. The van der Waals surface area contributed by atoms with Crippen LogP contribution in [0.5, 0.6) is 0 Å². The van der Waals surface area contributed by atoms with Crippen molar-refractivity contribution in [3.05, 3.63) is 45.6 Å². The zero-order chi connectivity index (χ0) is 20.5. The maximum absolute atomic E-state index is 13.0. The lowest BCUT2D eigenvalue weighted by atomic mass is 10.2. The fourth-order valence-corrected chi connectivity index (χ4v) is 4.03. The molecule has 1 aliphatic carbocycles. The summed E-state index contributed by atoms with van der Waals surface area (Å²) in [6, 6.07) is 1.30. The first-order valence-corrected chi connectivity index (χ1v) is 10.2. The van der Waals surface area contributed by atoms with Crippen molar-refractivity contribution in [2.75, 3.05) is 13.7 Å². The number of hydrogen-bond acceptors (Lipinski definition) is 7. The highest BCUT2D eigenvalue weighted by Gasteiger charge is 2.27. The second-order valence-corrected chi connectivity index (χ2v) is 8.26. The molecule has 0 aromatic carbocycles. The second kappa shape index (κ2) is 7.88. The number of thiazole rings is 1. The van der Waals surface area contributed by atoms with Crippen LogP contribution in [-0.4, -0.2) is 50.2 Å². The van der Waals surface area contributed by atoms with Crippen LogP contribution in [0, 0.1) is 0 Å². The zero-order valence-corrected chi connectivity index (χ0v) is 17.3. The molecule has 1 atom stereocenters. The van der Waals surface area contributed by atoms with Crippen molar-refractivity contribution in [2.45, 2.75) is 31.7 Å². The molecule has 0 spiro atoms. The van der Waals surface area contributed by atoms with Crippen molar-refractivity contribution < 1.29 is 9.53 Å². The first-order chi connectivity index (χ1) is 14.0. The molecule has 1 aliphatic rings. The minimum absolute atomic E-state index is 0.0168. The maximum atomic E-state index is 13.0. The van der Waals surface area contributed by atoms with E-state index in [1.165, 1.54) is 16.9 Å². The number of rotatable bonds is 7. The number of methoxy groups -OCH3 is 1. The summed E-state index contributed by atoms with van der Waals surface area (Å²) < 4.78 is 7.86. The molecule has 0 aliphatic heterocycles. The Morgan fingerprint density at radius 3 is 2.86 bits per heavy atom. The lowest BCUT2D eigenvalue weighted by Crippen LogP contribution is -2.39. The van der Waals surface area contributed by atoms with Crippen LogP contribution in [0.4, 0.5) is 0 Å². The summed E-state index contributed by atoms with van der Waals surface area (Å²) in [5.41, 5.74) is 0.534. The SMILES string of the molecule is COC[C@H](C)NC(=O)c1cc(-c2cnc(C3CC3)s2)nn(-c2cnn(C)c2)c1=O. The van der Waals surface area contributed by atoms with E-state index >= 15 is 0 Å². The van der Waals surface area contributed by atoms with Gasteiger partial charge in [-0.2, -0.15) is 14.9 Å². The third kappa shape index (κ3) is 4.13. The molecule has 29 heavy (non-hydrogen) atoms. The topological polar surface area (TPSA) is 104 Å². The summed E-state index contributed by atoms with van der Waals surface area (Å²) >= 11 is 1.55. The monoisotopic (exact) mass is 414 g/mol. The normalized spacial score (nSPS) is 14.7. The molecule has 10 heteroatoms. The van der Waals surface area contributed by atoms with Crippen LogP contribution in [0.25, 0.3) is 16.3 Å². The van der Waals surface area contributed by atoms with E-state index in [-0.39, 0.29) is 11.6 Å². The Labute approximate surface area is 171 Å². The van der Waals surface area contributed by atoms with Gasteiger partial charge >= 0.3 is 0 Å². The number of amides is 1. The number of ether oxygens (including phenoxy) is 1. The van der Waals surface area contributed by atoms with Crippen LogP contribution >= 0.6 is 11.3 Å². The molecule has 0 saturated heterocycles. The van der Waals surface area contributed by atoms with E-state index in [9.17, 15) is 9.59 Å². The number of nitrogens with one attached hydrogen (secondary N) is 1. The van der Waals surface area contributed by atoms with E-state index in [1.807, 2.05) is 6.92 Å². The molecule has 3 heterocycles. The highest BCUT2D eigenvalue weighted by Crippen LogP contribution is 2.43. The molecule has 1 amide bonds. The van der Waals surface area contributed by atoms with Gasteiger partial charge in [-0.05, 0) is 25.8 Å². The molecular formula is C19H22N6O3S. The summed E-state index contributed by atoms with van der Waals surface area (Å²) in [6.07, 6.45) is 7.28. The van der Waals surface area contributed by atoms with Crippen LogP contribution < -0.4 is 10.9 Å². The molecule has 0 bridgehead atoms. The van der Waals surface area contributed by atoms with Gasteiger partial charge in [0.2, 0.25) is 0 Å². The van der Waals surface area contributed by atoms with Crippen molar-refractivity contribution in [3.63, 3.8) is 0 Å². The maximum Gasteiger partial charge on any atom is 0.284 e. The van der Waals surface area contributed by atoms with E-state index in [1.54, 1.807) is 42.6 Å². The summed E-state index contributed by atoms with van der Waals surface area (Å²) in [5.74, 6) is 0.0587. The van der Waals surface area contributed by atoms with Gasteiger partial charge in [0, 0.05) is 32.3 Å². The zero-order valence-electron chi connectivity index (χ0n) is 16.5. The number of nitrogens with zero attached hydrogens (tertiary/aromatic N) is 5. The summed E-state index contributed by atoms with van der Waals surface area (Å²) in [4.78, 5) is 31.1. The third-order valence-electron chi connectivity index (χ3n) is 4.59. The van der Waals surface area contributed by atoms with E-state index in [0.717, 1.165) is 22.7 Å². The smallest absolute Gasteiger partial charge is 0.284 e. The van der Waals surface area contributed by atoms with E-state index in [0.29, 0.717) is 23.9 Å². The molecule has 4 rings (SSSR count). The van der Waals surface area contributed by atoms with Crippen molar-refractivity contribution in [1.82, 2.24) is 29.9 Å². The van der Waals surface area contributed by atoms with Gasteiger partial charge in [-0.25, -0.2) is 4.98 Å². The fourth-order valence-electron chi connectivity index (χ4n) is 2.99. The molecular weight excluding hydrogens is 392 g/mol. The molecule has 0 unspecified atom stereocenters. The van der Waals surface area contributed by atoms with Crippen LogP contribution in [0.3, 0.4) is 0 Å². The Morgan fingerprint density at radius 2 is 2.21 bits per heavy atom. The van der Waals surface area contributed by atoms with Gasteiger partial charge in [0.15, 0.2) is 0 Å². The molecule has 1 N–H and O–H groups in total. The molecule has 152 valence electrons. The van der Waals surface area contributed by atoms with Gasteiger partial charge in [-0.1, -0.05) is 0 Å². The average Bonchev–Trinajstić information content (AvgIpc) is 3.25. The van der Waals surface area contributed by atoms with Crippen LogP contribution in [-0.2, 0) is 11.8 Å². The van der Waals surface area contributed by atoms with Crippen molar-refractivity contribution in [2.24, 2.45) is 7.05 Å². The Balaban J connectivity index is 1.78. The quantitative estimate of drug-likeness (QED) is 0.631. The predicted molar refractivity (Wildman–Crippen MR) is 108 cm³/mol. The fraction of sp³-hybridized carbons (Fsp3) is 0.421. The van der Waals surface area contributed by atoms with Gasteiger partial charge in [0.05, 0.1) is 28.9 Å².